The second-order valence-electron chi connectivity index (χ2n) is 7.02. The van der Waals surface area contributed by atoms with Crippen LogP contribution in [0.5, 0.6) is 0 Å². The quantitative estimate of drug-likeness (QED) is 0.779. The number of carbonyl (C=O) groups excluding carboxylic acids is 1. The predicted molar refractivity (Wildman–Crippen MR) is 107 cm³/mol. The van der Waals surface area contributed by atoms with Gasteiger partial charge in [-0.05, 0) is 32.5 Å². The van der Waals surface area contributed by atoms with Crippen LogP contribution < -0.4 is 10.6 Å². The van der Waals surface area contributed by atoms with Crippen molar-refractivity contribution in [3.8, 4) is 0 Å². The Morgan fingerprint density at radius 3 is 2.44 bits per heavy atom. The Labute approximate surface area is 160 Å². The Kier molecular flexibility index (Phi) is 6.73. The van der Waals surface area contributed by atoms with Gasteiger partial charge >= 0.3 is 0 Å². The van der Waals surface area contributed by atoms with Crippen LogP contribution in [-0.4, -0.2) is 71.5 Å². The molecule has 0 saturated carbocycles. The summed E-state index contributed by atoms with van der Waals surface area (Å²) in [4.78, 5) is 25.6. The minimum atomic E-state index is -0.133. The summed E-state index contributed by atoms with van der Waals surface area (Å²) in [6.45, 7) is 7.28. The molecule has 7 heteroatoms. The van der Waals surface area contributed by atoms with E-state index in [1.807, 2.05) is 30.3 Å². The van der Waals surface area contributed by atoms with E-state index in [0.717, 1.165) is 38.3 Å². The van der Waals surface area contributed by atoms with Gasteiger partial charge in [-0.15, -0.1) is 0 Å². The maximum atomic E-state index is 12.3. The van der Waals surface area contributed by atoms with Gasteiger partial charge in [0.15, 0.2) is 0 Å². The zero-order valence-electron chi connectivity index (χ0n) is 16.1. The maximum Gasteiger partial charge on any atom is 0.254 e. The van der Waals surface area contributed by atoms with E-state index in [-0.39, 0.29) is 5.91 Å². The van der Waals surface area contributed by atoms with Crippen molar-refractivity contribution in [1.82, 2.24) is 25.1 Å². The van der Waals surface area contributed by atoms with E-state index in [1.165, 1.54) is 0 Å². The molecule has 1 unspecified atom stereocenters. The predicted octanol–water partition coefficient (Wildman–Crippen LogP) is 1.98. The average molecular weight is 368 g/mol. The molecule has 1 fully saturated rings. The molecule has 1 saturated heterocycles. The van der Waals surface area contributed by atoms with Crippen LogP contribution in [0.15, 0.2) is 42.7 Å². The van der Waals surface area contributed by atoms with E-state index < -0.39 is 0 Å². The molecule has 2 heterocycles. The Hall–Kier alpha value is -2.51. The van der Waals surface area contributed by atoms with Crippen LogP contribution in [0, 0.1) is 0 Å². The highest BCUT2D eigenvalue weighted by atomic mass is 16.1. The molecule has 1 atom stereocenters. The molecule has 0 spiro atoms. The third-order valence-corrected chi connectivity index (χ3v) is 4.95. The van der Waals surface area contributed by atoms with Gasteiger partial charge in [0.1, 0.15) is 0 Å². The first-order valence-electron chi connectivity index (χ1n) is 9.47. The molecule has 3 rings (SSSR count). The van der Waals surface area contributed by atoms with E-state index in [4.69, 9.17) is 0 Å². The highest BCUT2D eigenvalue weighted by Gasteiger charge is 2.19. The first-order valence-corrected chi connectivity index (χ1v) is 9.47. The summed E-state index contributed by atoms with van der Waals surface area (Å²) < 4.78 is 0. The number of amides is 1. The lowest BCUT2D eigenvalue weighted by Gasteiger charge is -2.36. The molecule has 1 amide bonds. The number of hydrogen-bond acceptors (Lipinski definition) is 6. The molecule has 2 N–H and O–H groups in total. The molecule has 1 aromatic carbocycles. The van der Waals surface area contributed by atoms with Gasteiger partial charge in [0.05, 0.1) is 5.56 Å². The van der Waals surface area contributed by atoms with Crippen molar-refractivity contribution in [1.29, 1.82) is 0 Å². The van der Waals surface area contributed by atoms with Crippen molar-refractivity contribution in [3.63, 3.8) is 0 Å². The highest BCUT2D eigenvalue weighted by Crippen LogP contribution is 2.11. The largest absolute Gasteiger partial charge is 0.352 e. The maximum absolute atomic E-state index is 12.3. The lowest BCUT2D eigenvalue weighted by Crippen LogP contribution is -2.48. The van der Waals surface area contributed by atoms with Gasteiger partial charge in [-0.1, -0.05) is 18.2 Å². The van der Waals surface area contributed by atoms with Gasteiger partial charge in [0.25, 0.3) is 5.91 Å². The van der Waals surface area contributed by atoms with E-state index in [9.17, 15) is 4.79 Å². The number of benzene rings is 1. The number of para-hydroxylation sites is 1. The van der Waals surface area contributed by atoms with Crippen molar-refractivity contribution in [3.05, 3.63) is 48.3 Å². The van der Waals surface area contributed by atoms with Crippen molar-refractivity contribution >= 4 is 17.5 Å². The number of likely N-dealkylation sites (N-methyl/N-ethyl adjacent to an activating group) is 1. The summed E-state index contributed by atoms with van der Waals surface area (Å²) in [6, 6.07) is 10.2. The van der Waals surface area contributed by atoms with Gasteiger partial charge in [-0.25, -0.2) is 9.97 Å². The molecule has 1 aromatic heterocycles. The standard InChI is InChI=1S/C20H28N6O/c1-16(26-12-10-25(2)11-13-26)8-9-21-19(27)17-14-22-20(23-15-17)24-18-6-4-3-5-7-18/h3-7,14-16H,8-13H2,1-2H3,(H,21,27)(H,22,23,24). The third-order valence-electron chi connectivity index (χ3n) is 4.95. The molecule has 0 aliphatic carbocycles. The zero-order chi connectivity index (χ0) is 19.1. The first kappa shape index (κ1) is 19.3. The fourth-order valence-electron chi connectivity index (χ4n) is 3.10. The van der Waals surface area contributed by atoms with Crippen molar-refractivity contribution in [2.24, 2.45) is 0 Å². The van der Waals surface area contributed by atoms with Crippen LogP contribution in [0.2, 0.25) is 0 Å². The molecule has 1 aliphatic heterocycles. The smallest absolute Gasteiger partial charge is 0.254 e. The minimum Gasteiger partial charge on any atom is -0.352 e. The molecule has 0 radical (unpaired) electrons. The summed E-state index contributed by atoms with van der Waals surface area (Å²) in [5.74, 6) is 0.341. The molecular formula is C20H28N6O. The fourth-order valence-corrected chi connectivity index (χ4v) is 3.10. The van der Waals surface area contributed by atoms with Crippen LogP contribution >= 0.6 is 0 Å². The van der Waals surface area contributed by atoms with Crippen LogP contribution in [0.4, 0.5) is 11.6 Å². The molecule has 27 heavy (non-hydrogen) atoms. The summed E-state index contributed by atoms with van der Waals surface area (Å²) >= 11 is 0. The highest BCUT2D eigenvalue weighted by molar-refractivity contribution is 5.93. The number of rotatable bonds is 7. The second-order valence-corrected chi connectivity index (χ2v) is 7.02. The van der Waals surface area contributed by atoms with Gasteiger partial charge in [-0.3, -0.25) is 9.69 Å². The minimum absolute atomic E-state index is 0.133. The van der Waals surface area contributed by atoms with Crippen LogP contribution in [0.1, 0.15) is 23.7 Å². The normalized spacial score (nSPS) is 16.7. The molecule has 7 nitrogen and oxygen atoms in total. The first-order chi connectivity index (χ1) is 13.1. The number of nitrogens with zero attached hydrogens (tertiary/aromatic N) is 4. The van der Waals surface area contributed by atoms with E-state index in [1.54, 1.807) is 12.4 Å². The second kappa shape index (κ2) is 9.43. The molecule has 1 aliphatic rings. The van der Waals surface area contributed by atoms with Crippen molar-refractivity contribution in [2.45, 2.75) is 19.4 Å². The Morgan fingerprint density at radius 2 is 1.78 bits per heavy atom. The monoisotopic (exact) mass is 368 g/mol. The Bertz CT molecular complexity index is 713. The number of carbonyl (C=O) groups is 1. The van der Waals surface area contributed by atoms with Crippen LogP contribution in [-0.2, 0) is 0 Å². The number of nitrogens with one attached hydrogen (secondary N) is 2. The molecular weight excluding hydrogens is 340 g/mol. The lowest BCUT2D eigenvalue weighted by atomic mass is 10.1. The Morgan fingerprint density at radius 1 is 1.11 bits per heavy atom. The molecule has 0 bridgehead atoms. The van der Waals surface area contributed by atoms with Gasteiger partial charge in [0, 0.05) is 56.8 Å². The molecule has 144 valence electrons. The van der Waals surface area contributed by atoms with Crippen molar-refractivity contribution < 1.29 is 4.79 Å². The number of anilines is 2. The van der Waals surface area contributed by atoms with Gasteiger partial charge < -0.3 is 15.5 Å². The van der Waals surface area contributed by atoms with E-state index in [0.29, 0.717) is 24.1 Å². The van der Waals surface area contributed by atoms with E-state index >= 15 is 0 Å². The lowest BCUT2D eigenvalue weighted by molar-refractivity contribution is 0.0934. The fraction of sp³-hybridized carbons (Fsp3) is 0.450. The van der Waals surface area contributed by atoms with Crippen LogP contribution in [0.3, 0.4) is 0 Å². The zero-order valence-corrected chi connectivity index (χ0v) is 16.1. The van der Waals surface area contributed by atoms with Gasteiger partial charge in [-0.2, -0.15) is 0 Å². The number of aromatic nitrogens is 2. The third kappa shape index (κ3) is 5.74. The summed E-state index contributed by atoms with van der Waals surface area (Å²) in [6.07, 6.45) is 4.04. The SMILES string of the molecule is CC(CCNC(=O)c1cnc(Nc2ccccc2)nc1)N1CCN(C)CC1. The number of hydrogen-bond donors (Lipinski definition) is 2. The van der Waals surface area contributed by atoms with E-state index in [2.05, 4.69) is 44.4 Å². The summed E-state index contributed by atoms with van der Waals surface area (Å²) in [5.41, 5.74) is 1.38. The van der Waals surface area contributed by atoms with Crippen LogP contribution in [0.25, 0.3) is 0 Å². The summed E-state index contributed by atoms with van der Waals surface area (Å²) in [5, 5.41) is 6.08. The molecule has 2 aromatic rings. The number of piperazine rings is 1. The van der Waals surface area contributed by atoms with Gasteiger partial charge in [0.2, 0.25) is 5.95 Å². The topological polar surface area (TPSA) is 73.4 Å². The Balaban J connectivity index is 1.42. The van der Waals surface area contributed by atoms with Crippen molar-refractivity contribution in [2.75, 3.05) is 45.1 Å². The average Bonchev–Trinajstić information content (AvgIpc) is 2.69. The summed E-state index contributed by atoms with van der Waals surface area (Å²) in [7, 11) is 2.16.